The maximum atomic E-state index is 12.4. The summed E-state index contributed by atoms with van der Waals surface area (Å²) >= 11 is 5.34. The molecule has 0 saturated carbocycles. The highest BCUT2D eigenvalue weighted by Crippen LogP contribution is 2.20. The lowest BCUT2D eigenvalue weighted by Crippen LogP contribution is -2.17. The highest BCUT2D eigenvalue weighted by Gasteiger charge is 2.20. The molecule has 0 unspecified atom stereocenters. The molecule has 2 N–H and O–H groups in total. The molecule has 82 valence electrons. The topological polar surface area (TPSA) is 70.2 Å². The van der Waals surface area contributed by atoms with E-state index in [9.17, 15) is 18.4 Å². The van der Waals surface area contributed by atoms with Gasteiger partial charge >= 0.3 is 5.97 Å². The lowest BCUT2D eigenvalue weighted by Gasteiger charge is -2.06. The van der Waals surface area contributed by atoms with Crippen molar-refractivity contribution < 1.29 is 18.7 Å². The van der Waals surface area contributed by atoms with Gasteiger partial charge in [-0.15, -0.1) is 0 Å². The van der Waals surface area contributed by atoms with Gasteiger partial charge in [-0.2, -0.15) is 0 Å². The molecule has 15 heavy (non-hydrogen) atoms. The second kappa shape index (κ2) is 4.39. The zero-order valence-corrected chi connectivity index (χ0v) is 8.02. The molecular formula is C8H6ClF2NO3. The highest BCUT2D eigenvalue weighted by molar-refractivity contribution is 6.30. The van der Waals surface area contributed by atoms with E-state index in [1.807, 2.05) is 0 Å². The summed E-state index contributed by atoms with van der Waals surface area (Å²) in [6.45, 7) is 0. The Hall–Kier alpha value is -1.43. The molecule has 0 radical (unpaired) electrons. The number of hydrogen-bond donors (Lipinski definition) is 2. The van der Waals surface area contributed by atoms with E-state index in [2.05, 4.69) is 4.98 Å². The van der Waals surface area contributed by atoms with Gasteiger partial charge in [0.2, 0.25) is 5.43 Å². The van der Waals surface area contributed by atoms with E-state index in [0.717, 1.165) is 6.20 Å². The largest absolute Gasteiger partial charge is 0.481 e. The first-order valence-electron chi connectivity index (χ1n) is 3.83. The smallest absolute Gasteiger partial charge is 0.309 e. The summed E-state index contributed by atoms with van der Waals surface area (Å²) in [4.78, 5) is 23.8. The summed E-state index contributed by atoms with van der Waals surface area (Å²) in [5.41, 5.74) is -2.25. The maximum Gasteiger partial charge on any atom is 0.309 e. The molecule has 0 amide bonds. The van der Waals surface area contributed by atoms with Crippen LogP contribution in [0.2, 0.25) is 5.02 Å². The molecule has 0 aromatic carbocycles. The van der Waals surface area contributed by atoms with Crippen LogP contribution in [0.4, 0.5) is 8.78 Å². The number of rotatable bonds is 3. The number of alkyl halides is 2. The van der Waals surface area contributed by atoms with Crippen molar-refractivity contribution in [3.05, 3.63) is 32.7 Å². The molecule has 1 rings (SSSR count). The first-order chi connectivity index (χ1) is 6.93. The Balaban J connectivity index is 3.33. The third-order valence-electron chi connectivity index (χ3n) is 1.71. The average molecular weight is 238 g/mol. The molecule has 1 aromatic rings. The number of carboxylic acids is 1. The van der Waals surface area contributed by atoms with Crippen LogP contribution in [0.1, 0.15) is 17.7 Å². The minimum absolute atomic E-state index is 0.327. The Morgan fingerprint density at radius 3 is 2.67 bits per heavy atom. The van der Waals surface area contributed by atoms with E-state index in [1.165, 1.54) is 0 Å². The first-order valence-corrected chi connectivity index (χ1v) is 4.21. The molecule has 0 fully saturated rings. The number of pyridine rings is 1. The fourth-order valence-electron chi connectivity index (χ4n) is 1.09. The van der Waals surface area contributed by atoms with Crippen LogP contribution in [0, 0.1) is 0 Å². The van der Waals surface area contributed by atoms with Crippen molar-refractivity contribution in [3.8, 4) is 0 Å². The Bertz CT molecular complexity index is 444. The number of nitrogens with one attached hydrogen (secondary N) is 1. The van der Waals surface area contributed by atoms with Gasteiger partial charge in [-0.25, -0.2) is 8.78 Å². The summed E-state index contributed by atoms with van der Waals surface area (Å²) in [5, 5.41) is 8.04. The third-order valence-corrected chi connectivity index (χ3v) is 1.99. The Kier molecular flexibility index (Phi) is 3.41. The highest BCUT2D eigenvalue weighted by atomic mass is 35.5. The molecule has 7 heteroatoms. The molecule has 0 bridgehead atoms. The van der Waals surface area contributed by atoms with Gasteiger partial charge in [0.25, 0.3) is 6.43 Å². The van der Waals surface area contributed by atoms with Crippen molar-refractivity contribution in [2.75, 3.05) is 0 Å². The molecule has 0 saturated heterocycles. The van der Waals surface area contributed by atoms with Crippen molar-refractivity contribution in [2.45, 2.75) is 12.8 Å². The number of aromatic nitrogens is 1. The molecule has 1 aromatic heterocycles. The van der Waals surface area contributed by atoms with Gasteiger partial charge in [0, 0.05) is 11.9 Å². The summed E-state index contributed by atoms with van der Waals surface area (Å²) in [6, 6.07) is 0. The van der Waals surface area contributed by atoms with E-state index < -0.39 is 29.8 Å². The number of halogens is 3. The Morgan fingerprint density at radius 2 is 2.20 bits per heavy atom. The lowest BCUT2D eigenvalue weighted by molar-refractivity contribution is -0.136. The minimum Gasteiger partial charge on any atom is -0.481 e. The van der Waals surface area contributed by atoms with E-state index in [1.54, 1.807) is 0 Å². The summed E-state index contributed by atoms with van der Waals surface area (Å²) in [5.74, 6) is -1.31. The fourth-order valence-corrected chi connectivity index (χ4v) is 1.24. The van der Waals surface area contributed by atoms with Crippen LogP contribution in [0.15, 0.2) is 11.0 Å². The number of hydrogen-bond acceptors (Lipinski definition) is 2. The maximum absolute atomic E-state index is 12.4. The van der Waals surface area contributed by atoms with E-state index in [4.69, 9.17) is 16.7 Å². The van der Waals surface area contributed by atoms with Gasteiger partial charge in [0.15, 0.2) is 0 Å². The second-order valence-electron chi connectivity index (χ2n) is 2.73. The van der Waals surface area contributed by atoms with E-state index in [0.29, 0.717) is 0 Å². The molecule has 1 heterocycles. The van der Waals surface area contributed by atoms with Crippen LogP contribution in [-0.2, 0) is 11.2 Å². The number of aromatic amines is 1. The van der Waals surface area contributed by atoms with Crippen LogP contribution >= 0.6 is 11.6 Å². The zero-order chi connectivity index (χ0) is 11.6. The van der Waals surface area contributed by atoms with Gasteiger partial charge in [-0.1, -0.05) is 11.6 Å². The van der Waals surface area contributed by atoms with Crippen molar-refractivity contribution in [3.63, 3.8) is 0 Å². The normalized spacial score (nSPS) is 10.7. The van der Waals surface area contributed by atoms with Crippen LogP contribution < -0.4 is 5.43 Å². The van der Waals surface area contributed by atoms with Crippen LogP contribution in [0.3, 0.4) is 0 Å². The standard InChI is InChI=1S/C8H6ClF2NO3/c9-3-2-12-4(1-5(13)14)6(7(3)15)8(10)11/h2,8H,1H2,(H,12,15)(H,13,14). The lowest BCUT2D eigenvalue weighted by atomic mass is 10.1. The van der Waals surface area contributed by atoms with E-state index in [-0.39, 0.29) is 10.7 Å². The number of aliphatic carboxylic acids is 1. The van der Waals surface area contributed by atoms with Crippen molar-refractivity contribution in [2.24, 2.45) is 0 Å². The first kappa shape index (κ1) is 11.6. The molecule has 0 atom stereocenters. The molecular weight excluding hydrogens is 232 g/mol. The van der Waals surface area contributed by atoms with Gasteiger partial charge < -0.3 is 10.1 Å². The zero-order valence-electron chi connectivity index (χ0n) is 7.26. The second-order valence-corrected chi connectivity index (χ2v) is 3.14. The van der Waals surface area contributed by atoms with Crippen LogP contribution in [0.25, 0.3) is 0 Å². The predicted octanol–water partition coefficient (Wildman–Crippen LogP) is 1.59. The van der Waals surface area contributed by atoms with E-state index >= 15 is 0 Å². The number of carboxylic acid groups (broad SMARTS) is 1. The average Bonchev–Trinajstić information content (AvgIpc) is 2.10. The minimum atomic E-state index is -3.05. The summed E-state index contributed by atoms with van der Waals surface area (Å²) < 4.78 is 24.9. The summed E-state index contributed by atoms with van der Waals surface area (Å²) in [7, 11) is 0. The third kappa shape index (κ3) is 2.53. The van der Waals surface area contributed by atoms with Gasteiger partial charge in [-0.3, -0.25) is 9.59 Å². The monoisotopic (exact) mass is 237 g/mol. The van der Waals surface area contributed by atoms with Gasteiger partial charge in [0.1, 0.15) is 5.02 Å². The van der Waals surface area contributed by atoms with Crippen molar-refractivity contribution >= 4 is 17.6 Å². The summed E-state index contributed by atoms with van der Waals surface area (Å²) in [6.07, 6.45) is -2.73. The molecule has 0 aliphatic rings. The molecule has 0 aliphatic carbocycles. The molecule has 0 spiro atoms. The Morgan fingerprint density at radius 1 is 1.60 bits per heavy atom. The Labute approximate surface area is 87.5 Å². The van der Waals surface area contributed by atoms with Crippen LogP contribution in [0.5, 0.6) is 0 Å². The predicted molar refractivity (Wildman–Crippen MR) is 48.4 cm³/mol. The van der Waals surface area contributed by atoms with Gasteiger partial charge in [0.05, 0.1) is 12.0 Å². The molecule has 0 aliphatic heterocycles. The van der Waals surface area contributed by atoms with Crippen molar-refractivity contribution in [1.29, 1.82) is 0 Å². The van der Waals surface area contributed by atoms with Crippen LogP contribution in [-0.4, -0.2) is 16.1 Å². The van der Waals surface area contributed by atoms with Crippen molar-refractivity contribution in [1.82, 2.24) is 4.98 Å². The van der Waals surface area contributed by atoms with Gasteiger partial charge in [-0.05, 0) is 0 Å². The number of H-pyrrole nitrogens is 1. The number of carbonyl (C=O) groups is 1. The quantitative estimate of drug-likeness (QED) is 0.839. The molecule has 4 nitrogen and oxygen atoms in total. The fraction of sp³-hybridized carbons (Fsp3) is 0.250. The SMILES string of the molecule is O=C(O)Cc1[nH]cc(Cl)c(=O)c1C(F)F.